The van der Waals surface area contributed by atoms with Crippen LogP contribution >= 0.6 is 0 Å². The SMILES string of the molecule is C=C(c1ccc(Cc2ccc(C#N)cc2C)cc1)N1Cc2ccc(C)cc2Cc2ccccc21. The van der Waals surface area contributed by atoms with Crippen LogP contribution in [-0.4, -0.2) is 0 Å². The summed E-state index contributed by atoms with van der Waals surface area (Å²) >= 11 is 0. The summed E-state index contributed by atoms with van der Waals surface area (Å²) < 4.78 is 0. The van der Waals surface area contributed by atoms with Crippen molar-refractivity contribution in [2.75, 3.05) is 4.90 Å². The van der Waals surface area contributed by atoms with Crippen LogP contribution in [0.15, 0.2) is 91.5 Å². The zero-order valence-corrected chi connectivity index (χ0v) is 19.8. The molecular formula is C32H28N2. The van der Waals surface area contributed by atoms with E-state index in [0.717, 1.165) is 36.2 Å². The molecule has 0 saturated carbocycles. The second-order valence-corrected chi connectivity index (χ2v) is 9.24. The molecule has 5 rings (SSSR count). The van der Waals surface area contributed by atoms with Crippen molar-refractivity contribution in [2.24, 2.45) is 0 Å². The second-order valence-electron chi connectivity index (χ2n) is 9.24. The number of hydrogen-bond acceptors (Lipinski definition) is 2. The standard InChI is InChI=1S/C32H28N2/c1-22-8-12-30-21-34(32-7-5-4-6-29(32)19-31(30)16-22)24(3)27-13-9-25(10-14-27)18-28-15-11-26(20-33)17-23(28)2/h4-17H,3,18-19,21H2,1-2H3. The van der Waals surface area contributed by atoms with Gasteiger partial charge in [0.2, 0.25) is 0 Å². The average Bonchev–Trinajstić information content (AvgIpc) is 3.01. The number of rotatable bonds is 4. The van der Waals surface area contributed by atoms with E-state index in [0.29, 0.717) is 5.56 Å². The van der Waals surface area contributed by atoms with Gasteiger partial charge in [-0.2, -0.15) is 5.26 Å². The molecule has 0 aromatic heterocycles. The van der Waals surface area contributed by atoms with Gasteiger partial charge in [-0.05, 0) is 83.8 Å². The molecule has 0 bridgehead atoms. The number of benzene rings is 4. The molecule has 0 N–H and O–H groups in total. The second kappa shape index (κ2) is 9.04. The van der Waals surface area contributed by atoms with Crippen LogP contribution in [0, 0.1) is 25.2 Å². The minimum Gasteiger partial charge on any atom is -0.337 e. The maximum Gasteiger partial charge on any atom is 0.0991 e. The van der Waals surface area contributed by atoms with E-state index in [4.69, 9.17) is 5.26 Å². The Labute approximate surface area is 202 Å². The third-order valence-electron chi connectivity index (χ3n) is 6.83. The van der Waals surface area contributed by atoms with Gasteiger partial charge in [-0.1, -0.05) is 78.9 Å². The highest BCUT2D eigenvalue weighted by Crippen LogP contribution is 2.35. The van der Waals surface area contributed by atoms with Crippen molar-refractivity contribution in [1.82, 2.24) is 0 Å². The zero-order chi connectivity index (χ0) is 23.7. The topological polar surface area (TPSA) is 27.0 Å². The van der Waals surface area contributed by atoms with Crippen LogP contribution in [0.3, 0.4) is 0 Å². The van der Waals surface area contributed by atoms with E-state index < -0.39 is 0 Å². The fourth-order valence-corrected chi connectivity index (χ4v) is 4.85. The predicted molar refractivity (Wildman–Crippen MR) is 141 cm³/mol. The predicted octanol–water partition coefficient (Wildman–Crippen LogP) is 7.35. The fraction of sp³-hybridized carbons (Fsp3) is 0.156. The van der Waals surface area contributed by atoms with Crippen LogP contribution < -0.4 is 4.90 Å². The fourth-order valence-electron chi connectivity index (χ4n) is 4.85. The van der Waals surface area contributed by atoms with E-state index in [1.165, 1.54) is 39.1 Å². The minimum atomic E-state index is 0.711. The Bertz CT molecular complexity index is 1420. The van der Waals surface area contributed by atoms with Gasteiger partial charge in [-0.15, -0.1) is 0 Å². The summed E-state index contributed by atoms with van der Waals surface area (Å²) in [5.41, 5.74) is 13.1. The molecule has 1 heterocycles. The lowest BCUT2D eigenvalue weighted by Crippen LogP contribution is -2.20. The van der Waals surface area contributed by atoms with Crippen LogP contribution in [0.25, 0.3) is 5.70 Å². The number of nitrogens with zero attached hydrogens (tertiary/aromatic N) is 2. The van der Waals surface area contributed by atoms with Crippen LogP contribution in [0.4, 0.5) is 5.69 Å². The first-order chi connectivity index (χ1) is 16.5. The molecular weight excluding hydrogens is 412 g/mol. The molecule has 166 valence electrons. The van der Waals surface area contributed by atoms with E-state index in [1.807, 2.05) is 12.1 Å². The van der Waals surface area contributed by atoms with Gasteiger partial charge in [0.15, 0.2) is 0 Å². The highest BCUT2D eigenvalue weighted by molar-refractivity contribution is 5.80. The van der Waals surface area contributed by atoms with Gasteiger partial charge in [0.1, 0.15) is 0 Å². The maximum absolute atomic E-state index is 9.12. The molecule has 4 aromatic rings. The normalized spacial score (nSPS) is 12.3. The summed E-state index contributed by atoms with van der Waals surface area (Å²) in [6.07, 6.45) is 1.80. The Morgan fingerprint density at radius 3 is 2.44 bits per heavy atom. The maximum atomic E-state index is 9.12. The van der Waals surface area contributed by atoms with Crippen molar-refractivity contribution in [3.8, 4) is 6.07 Å². The summed E-state index contributed by atoms with van der Waals surface area (Å²) in [4.78, 5) is 2.36. The summed E-state index contributed by atoms with van der Waals surface area (Å²) in [7, 11) is 0. The van der Waals surface area contributed by atoms with Crippen LogP contribution in [-0.2, 0) is 19.4 Å². The number of hydrogen-bond donors (Lipinski definition) is 0. The van der Waals surface area contributed by atoms with E-state index in [2.05, 4.69) is 104 Å². The Morgan fingerprint density at radius 1 is 0.882 bits per heavy atom. The minimum absolute atomic E-state index is 0.711. The Balaban J connectivity index is 1.43. The smallest absolute Gasteiger partial charge is 0.0991 e. The first kappa shape index (κ1) is 21.7. The Kier molecular flexibility index (Phi) is 5.78. The summed E-state index contributed by atoms with van der Waals surface area (Å²) in [6.45, 7) is 9.57. The molecule has 1 aliphatic rings. The molecule has 0 spiro atoms. The number of nitriles is 1. The van der Waals surface area contributed by atoms with Crippen molar-refractivity contribution in [2.45, 2.75) is 33.2 Å². The lowest BCUT2D eigenvalue weighted by Gasteiger charge is -2.28. The van der Waals surface area contributed by atoms with Crippen LogP contribution in [0.5, 0.6) is 0 Å². The summed E-state index contributed by atoms with van der Waals surface area (Å²) in [6, 6.07) is 32.4. The first-order valence-corrected chi connectivity index (χ1v) is 11.7. The number of para-hydroxylation sites is 1. The highest BCUT2D eigenvalue weighted by Gasteiger charge is 2.21. The van der Waals surface area contributed by atoms with Crippen LogP contribution in [0.2, 0.25) is 0 Å². The van der Waals surface area contributed by atoms with Crippen molar-refractivity contribution < 1.29 is 0 Å². The lowest BCUT2D eigenvalue weighted by molar-refractivity contribution is 0.984. The molecule has 0 aliphatic carbocycles. The molecule has 34 heavy (non-hydrogen) atoms. The third kappa shape index (κ3) is 4.26. The van der Waals surface area contributed by atoms with E-state index in [-0.39, 0.29) is 0 Å². The van der Waals surface area contributed by atoms with Crippen molar-refractivity contribution in [3.05, 3.63) is 142 Å². The van der Waals surface area contributed by atoms with Crippen molar-refractivity contribution >= 4 is 11.4 Å². The Hall–Kier alpha value is -4.09. The first-order valence-electron chi connectivity index (χ1n) is 11.7. The van der Waals surface area contributed by atoms with Gasteiger partial charge < -0.3 is 4.90 Å². The van der Waals surface area contributed by atoms with Gasteiger partial charge >= 0.3 is 0 Å². The molecule has 0 unspecified atom stereocenters. The molecule has 2 heteroatoms. The summed E-state index contributed by atoms with van der Waals surface area (Å²) in [5, 5.41) is 9.12. The van der Waals surface area contributed by atoms with E-state index in [9.17, 15) is 0 Å². The van der Waals surface area contributed by atoms with Gasteiger partial charge in [0, 0.05) is 17.9 Å². The molecule has 1 aliphatic heterocycles. The van der Waals surface area contributed by atoms with Gasteiger partial charge in [0.25, 0.3) is 0 Å². The average molecular weight is 441 g/mol. The molecule has 2 nitrogen and oxygen atoms in total. The molecule has 0 amide bonds. The van der Waals surface area contributed by atoms with E-state index >= 15 is 0 Å². The Morgan fingerprint density at radius 2 is 1.68 bits per heavy atom. The molecule has 0 radical (unpaired) electrons. The number of fused-ring (bicyclic) bond motifs is 2. The lowest BCUT2D eigenvalue weighted by atomic mass is 9.97. The van der Waals surface area contributed by atoms with Crippen molar-refractivity contribution in [1.29, 1.82) is 5.26 Å². The number of aryl methyl sites for hydroxylation is 2. The molecule has 4 aromatic carbocycles. The highest BCUT2D eigenvalue weighted by atomic mass is 15.1. The third-order valence-corrected chi connectivity index (χ3v) is 6.83. The monoisotopic (exact) mass is 440 g/mol. The molecule has 0 saturated heterocycles. The quantitative estimate of drug-likeness (QED) is 0.332. The molecule has 0 fully saturated rings. The summed E-state index contributed by atoms with van der Waals surface area (Å²) in [5.74, 6) is 0. The molecule has 0 atom stereocenters. The zero-order valence-electron chi connectivity index (χ0n) is 19.8. The van der Waals surface area contributed by atoms with Gasteiger partial charge in [0.05, 0.1) is 11.6 Å². The van der Waals surface area contributed by atoms with Crippen LogP contribution in [0.1, 0.15) is 50.1 Å². The number of anilines is 1. The van der Waals surface area contributed by atoms with Crippen molar-refractivity contribution in [3.63, 3.8) is 0 Å². The van der Waals surface area contributed by atoms with Gasteiger partial charge in [-0.3, -0.25) is 0 Å². The van der Waals surface area contributed by atoms with Gasteiger partial charge in [-0.25, -0.2) is 0 Å². The van der Waals surface area contributed by atoms with E-state index in [1.54, 1.807) is 0 Å². The largest absolute Gasteiger partial charge is 0.337 e.